The molecule has 2 N–H and O–H groups in total. The van der Waals surface area contributed by atoms with Crippen LogP contribution in [0.5, 0.6) is 0 Å². The first-order valence-corrected chi connectivity index (χ1v) is 6.24. The minimum atomic E-state index is -0.231. The molecule has 0 fully saturated rings. The van der Waals surface area contributed by atoms with E-state index in [0.717, 1.165) is 5.56 Å². The maximum atomic E-state index is 11.9. The van der Waals surface area contributed by atoms with Crippen LogP contribution >= 0.6 is 11.3 Å². The zero-order valence-electron chi connectivity index (χ0n) is 10.0. The topological polar surface area (TPSA) is 79.8 Å². The lowest BCUT2D eigenvalue weighted by Gasteiger charge is -2.12. The molecule has 1 amide bonds. The van der Waals surface area contributed by atoms with Crippen molar-refractivity contribution in [2.75, 3.05) is 12.4 Å². The third kappa shape index (κ3) is 2.80. The second-order valence-corrected chi connectivity index (χ2v) is 4.62. The van der Waals surface area contributed by atoms with Crippen molar-refractivity contribution in [2.24, 2.45) is 0 Å². The van der Waals surface area contributed by atoms with Gasteiger partial charge in [0.2, 0.25) is 10.1 Å². The minimum Gasteiger partial charge on any atom is -0.363 e. The number of nitrogens with one attached hydrogen (secondary N) is 2. The molecule has 0 saturated heterocycles. The Morgan fingerprint density at radius 3 is 2.89 bits per heavy atom. The normalized spacial score (nSPS) is 11.9. The second kappa shape index (κ2) is 5.54. The molecule has 94 valence electrons. The summed E-state index contributed by atoms with van der Waals surface area (Å²) in [6.45, 7) is 1.90. The van der Waals surface area contributed by atoms with E-state index in [2.05, 4.69) is 25.8 Å². The largest absolute Gasteiger partial charge is 0.363 e. The van der Waals surface area contributed by atoms with E-state index in [1.807, 2.05) is 19.1 Å². The average Bonchev–Trinajstić information content (AvgIpc) is 2.88. The maximum absolute atomic E-state index is 11.9. The lowest BCUT2D eigenvalue weighted by atomic mass is 10.1. The van der Waals surface area contributed by atoms with Crippen molar-refractivity contribution in [2.45, 2.75) is 13.0 Å². The van der Waals surface area contributed by atoms with Crippen molar-refractivity contribution in [1.82, 2.24) is 20.5 Å². The van der Waals surface area contributed by atoms with Gasteiger partial charge in [-0.1, -0.05) is 17.4 Å². The van der Waals surface area contributed by atoms with Gasteiger partial charge in [0.1, 0.15) is 0 Å². The molecule has 0 aliphatic heterocycles. The van der Waals surface area contributed by atoms with E-state index >= 15 is 0 Å². The van der Waals surface area contributed by atoms with E-state index in [-0.39, 0.29) is 11.9 Å². The van der Waals surface area contributed by atoms with E-state index in [1.54, 1.807) is 19.4 Å². The first-order valence-electron chi connectivity index (χ1n) is 5.42. The Morgan fingerprint density at radius 1 is 1.44 bits per heavy atom. The van der Waals surface area contributed by atoms with E-state index in [0.29, 0.717) is 10.1 Å². The van der Waals surface area contributed by atoms with Crippen molar-refractivity contribution in [3.05, 3.63) is 35.1 Å². The summed E-state index contributed by atoms with van der Waals surface area (Å²) in [5.41, 5.74) is 0.948. The summed E-state index contributed by atoms with van der Waals surface area (Å²) in [4.78, 5) is 15.9. The second-order valence-electron chi connectivity index (χ2n) is 3.64. The number of anilines is 1. The summed E-state index contributed by atoms with van der Waals surface area (Å²) in [5.74, 6) is -0.231. The van der Waals surface area contributed by atoms with Crippen molar-refractivity contribution in [3.63, 3.8) is 0 Å². The molecule has 1 unspecified atom stereocenters. The van der Waals surface area contributed by atoms with Gasteiger partial charge in [-0.25, -0.2) is 0 Å². The smallest absolute Gasteiger partial charge is 0.282 e. The monoisotopic (exact) mass is 263 g/mol. The van der Waals surface area contributed by atoms with Gasteiger partial charge in [0, 0.05) is 19.4 Å². The van der Waals surface area contributed by atoms with Gasteiger partial charge in [-0.15, -0.1) is 10.2 Å². The van der Waals surface area contributed by atoms with Crippen LogP contribution in [-0.2, 0) is 0 Å². The van der Waals surface area contributed by atoms with Gasteiger partial charge < -0.3 is 10.6 Å². The van der Waals surface area contributed by atoms with Crippen LogP contribution in [0.1, 0.15) is 28.3 Å². The molecule has 0 saturated carbocycles. The molecule has 7 heteroatoms. The Bertz CT molecular complexity index is 527. The molecule has 2 aromatic heterocycles. The van der Waals surface area contributed by atoms with Gasteiger partial charge >= 0.3 is 0 Å². The first-order chi connectivity index (χ1) is 8.70. The Labute approximate surface area is 108 Å². The maximum Gasteiger partial charge on any atom is 0.282 e. The summed E-state index contributed by atoms with van der Waals surface area (Å²) >= 11 is 1.22. The molecule has 0 aliphatic rings. The molecule has 0 spiro atoms. The lowest BCUT2D eigenvalue weighted by molar-refractivity contribution is 0.0938. The molecule has 2 rings (SSSR count). The van der Waals surface area contributed by atoms with Crippen LogP contribution in [0.3, 0.4) is 0 Å². The van der Waals surface area contributed by atoms with Crippen LogP contribution in [-0.4, -0.2) is 28.1 Å². The molecule has 0 aliphatic carbocycles. The highest BCUT2D eigenvalue weighted by Gasteiger charge is 2.15. The number of carbonyl (C=O) groups excluding carboxylic acids is 1. The van der Waals surface area contributed by atoms with Crippen molar-refractivity contribution >= 4 is 22.4 Å². The van der Waals surface area contributed by atoms with Crippen LogP contribution in [0.25, 0.3) is 0 Å². The van der Waals surface area contributed by atoms with Gasteiger partial charge in [0.05, 0.1) is 6.04 Å². The van der Waals surface area contributed by atoms with E-state index in [4.69, 9.17) is 0 Å². The number of aromatic nitrogens is 3. The Hall–Kier alpha value is -2.02. The average molecular weight is 263 g/mol. The molecule has 18 heavy (non-hydrogen) atoms. The molecule has 0 radical (unpaired) electrons. The first kappa shape index (κ1) is 12.4. The zero-order valence-corrected chi connectivity index (χ0v) is 10.9. The number of pyridine rings is 1. The van der Waals surface area contributed by atoms with Crippen LogP contribution in [0.4, 0.5) is 5.13 Å². The predicted molar refractivity (Wildman–Crippen MR) is 69.6 cm³/mol. The van der Waals surface area contributed by atoms with Crippen molar-refractivity contribution < 1.29 is 4.79 Å². The van der Waals surface area contributed by atoms with E-state index < -0.39 is 0 Å². The van der Waals surface area contributed by atoms with Crippen LogP contribution in [0.15, 0.2) is 24.5 Å². The van der Waals surface area contributed by atoms with Gasteiger partial charge in [0.25, 0.3) is 5.91 Å². The summed E-state index contributed by atoms with van der Waals surface area (Å²) in [5, 5.41) is 14.3. The van der Waals surface area contributed by atoms with E-state index in [9.17, 15) is 4.79 Å². The van der Waals surface area contributed by atoms with Gasteiger partial charge in [0.15, 0.2) is 0 Å². The van der Waals surface area contributed by atoms with E-state index in [1.165, 1.54) is 11.3 Å². The third-order valence-corrected chi connectivity index (χ3v) is 3.30. The summed E-state index contributed by atoms with van der Waals surface area (Å²) in [6.07, 6.45) is 3.42. The van der Waals surface area contributed by atoms with Gasteiger partial charge in [-0.05, 0) is 18.6 Å². The Morgan fingerprint density at radius 2 is 2.28 bits per heavy atom. The molecule has 6 nitrogen and oxygen atoms in total. The molecule has 2 aromatic rings. The lowest BCUT2D eigenvalue weighted by Crippen LogP contribution is -2.26. The van der Waals surface area contributed by atoms with Crippen molar-refractivity contribution in [1.29, 1.82) is 0 Å². The van der Waals surface area contributed by atoms with Gasteiger partial charge in [-0.3, -0.25) is 9.78 Å². The molecular weight excluding hydrogens is 250 g/mol. The zero-order chi connectivity index (χ0) is 13.0. The predicted octanol–water partition coefficient (Wildman–Crippen LogP) is 1.47. The molecule has 0 bridgehead atoms. The summed E-state index contributed by atoms with van der Waals surface area (Å²) < 4.78 is 0. The molecule has 0 aromatic carbocycles. The molecule has 1 atom stereocenters. The number of hydrogen-bond donors (Lipinski definition) is 2. The van der Waals surface area contributed by atoms with Crippen molar-refractivity contribution in [3.8, 4) is 0 Å². The Kier molecular flexibility index (Phi) is 3.83. The number of hydrogen-bond acceptors (Lipinski definition) is 6. The SMILES string of the molecule is CNc1nnc(C(=O)NC(C)c2cccnc2)s1. The standard InChI is InChI=1S/C11H13N5OS/c1-7(8-4-3-5-13-6-8)14-9(17)10-15-16-11(12-2)18-10/h3-7H,1-2H3,(H,12,16)(H,14,17). The van der Waals surface area contributed by atoms with Gasteiger partial charge in [-0.2, -0.15) is 0 Å². The fourth-order valence-electron chi connectivity index (χ4n) is 1.39. The van der Waals surface area contributed by atoms with Crippen LogP contribution in [0.2, 0.25) is 0 Å². The highest BCUT2D eigenvalue weighted by Crippen LogP contribution is 2.16. The fourth-order valence-corrected chi connectivity index (χ4v) is 1.99. The highest BCUT2D eigenvalue weighted by atomic mass is 32.1. The number of rotatable bonds is 4. The third-order valence-electron chi connectivity index (χ3n) is 2.37. The van der Waals surface area contributed by atoms with Crippen LogP contribution < -0.4 is 10.6 Å². The number of carbonyl (C=O) groups is 1. The highest BCUT2D eigenvalue weighted by molar-refractivity contribution is 7.17. The minimum absolute atomic E-state index is 0.117. The summed E-state index contributed by atoms with van der Waals surface area (Å²) in [7, 11) is 1.74. The quantitative estimate of drug-likeness (QED) is 0.873. The molecule has 2 heterocycles. The number of nitrogens with zero attached hydrogens (tertiary/aromatic N) is 3. The van der Waals surface area contributed by atoms with Crippen LogP contribution in [0, 0.1) is 0 Å². The number of amides is 1. The summed E-state index contributed by atoms with van der Waals surface area (Å²) in [6, 6.07) is 3.63. The fraction of sp³-hybridized carbons (Fsp3) is 0.273. The Balaban J connectivity index is 2.03. The molecular formula is C11H13N5OS.